The van der Waals surface area contributed by atoms with Gasteiger partial charge in [0.1, 0.15) is 0 Å². The number of aromatic nitrogens is 1. The molecule has 1 aliphatic rings. The number of hydrogen-bond donors (Lipinski definition) is 1. The molecule has 24 heavy (non-hydrogen) atoms. The third kappa shape index (κ3) is 3.18. The predicted octanol–water partition coefficient (Wildman–Crippen LogP) is 2.52. The van der Waals surface area contributed by atoms with Crippen LogP contribution in [-0.2, 0) is 0 Å². The van der Waals surface area contributed by atoms with Crippen molar-refractivity contribution in [3.05, 3.63) is 52.0 Å². The van der Waals surface area contributed by atoms with E-state index >= 15 is 0 Å². The van der Waals surface area contributed by atoms with E-state index in [1.54, 1.807) is 6.07 Å². The fraction of sp³-hybridized carbons (Fsp3) is 0.235. The number of halogens is 1. The summed E-state index contributed by atoms with van der Waals surface area (Å²) in [5, 5.41) is 2.99. The Bertz CT molecular complexity index is 839. The van der Waals surface area contributed by atoms with Crippen molar-refractivity contribution < 1.29 is 14.0 Å². The molecule has 0 saturated heterocycles. The lowest BCUT2D eigenvalue weighted by Gasteiger charge is -2.14. The number of Topliss-reactive ketones (excluding diaryl/α,β-unsaturated/α-hetero) is 1. The zero-order valence-electron chi connectivity index (χ0n) is 13.3. The molecule has 0 amide bonds. The molecule has 1 aliphatic carbocycles. The van der Waals surface area contributed by atoms with E-state index in [0.717, 1.165) is 11.0 Å². The summed E-state index contributed by atoms with van der Waals surface area (Å²) in [6.45, 7) is 1.30. The van der Waals surface area contributed by atoms with Crippen molar-refractivity contribution in [1.29, 1.82) is 0 Å². The first kappa shape index (κ1) is 16.6. The number of fused-ring (bicyclic) bond motifs is 1. The monoisotopic (exact) mass is 389 g/mol. The summed E-state index contributed by atoms with van der Waals surface area (Å²) < 4.78 is 6.33. The SMILES string of the molecule is CN(C)CCNC1=CC(=O)c2oc(-c3ccccc3Br)nc2C1=O. The van der Waals surface area contributed by atoms with Gasteiger partial charge in [-0.25, -0.2) is 4.98 Å². The summed E-state index contributed by atoms with van der Waals surface area (Å²) in [4.78, 5) is 31.0. The van der Waals surface area contributed by atoms with E-state index in [9.17, 15) is 9.59 Å². The molecule has 0 radical (unpaired) electrons. The van der Waals surface area contributed by atoms with E-state index < -0.39 is 0 Å². The smallest absolute Gasteiger partial charge is 0.231 e. The molecule has 1 N–H and O–H groups in total. The first-order chi connectivity index (χ1) is 11.5. The Kier molecular flexibility index (Phi) is 4.64. The van der Waals surface area contributed by atoms with E-state index in [-0.39, 0.29) is 34.6 Å². The fourth-order valence-electron chi connectivity index (χ4n) is 2.33. The highest BCUT2D eigenvalue weighted by molar-refractivity contribution is 9.10. The Labute approximate surface area is 147 Å². The van der Waals surface area contributed by atoms with Crippen LogP contribution in [0.15, 0.2) is 44.9 Å². The Morgan fingerprint density at radius 2 is 2.00 bits per heavy atom. The average molecular weight is 390 g/mol. The van der Waals surface area contributed by atoms with Crippen molar-refractivity contribution in [1.82, 2.24) is 15.2 Å². The zero-order valence-corrected chi connectivity index (χ0v) is 14.9. The molecule has 7 heteroatoms. The minimum atomic E-state index is -0.359. The number of carbonyl (C=O) groups is 2. The number of ketones is 2. The third-order valence-electron chi connectivity index (χ3n) is 3.56. The van der Waals surface area contributed by atoms with Gasteiger partial charge >= 0.3 is 0 Å². The van der Waals surface area contributed by atoms with Gasteiger partial charge in [-0.15, -0.1) is 0 Å². The van der Waals surface area contributed by atoms with Crippen LogP contribution in [0.1, 0.15) is 21.0 Å². The van der Waals surface area contributed by atoms with Crippen molar-refractivity contribution in [3.8, 4) is 11.5 Å². The Morgan fingerprint density at radius 1 is 1.25 bits per heavy atom. The van der Waals surface area contributed by atoms with E-state index in [1.807, 2.05) is 37.2 Å². The average Bonchev–Trinajstić information content (AvgIpc) is 2.98. The number of hydrogen-bond acceptors (Lipinski definition) is 6. The summed E-state index contributed by atoms with van der Waals surface area (Å²) >= 11 is 3.42. The minimum Gasteiger partial charge on any atom is -0.432 e. The van der Waals surface area contributed by atoms with Crippen LogP contribution in [0.5, 0.6) is 0 Å². The van der Waals surface area contributed by atoms with Crippen LogP contribution >= 0.6 is 15.9 Å². The number of nitrogens with zero attached hydrogens (tertiary/aromatic N) is 2. The maximum Gasteiger partial charge on any atom is 0.231 e. The molecule has 1 aromatic heterocycles. The second-order valence-electron chi connectivity index (χ2n) is 5.66. The highest BCUT2D eigenvalue weighted by atomic mass is 79.9. The Hall–Kier alpha value is -2.25. The lowest BCUT2D eigenvalue weighted by Crippen LogP contribution is -2.31. The number of oxazole rings is 1. The molecule has 3 rings (SSSR count). The van der Waals surface area contributed by atoms with Crippen molar-refractivity contribution in [3.63, 3.8) is 0 Å². The molecule has 124 valence electrons. The first-order valence-corrected chi connectivity index (χ1v) is 8.21. The number of allylic oxidation sites excluding steroid dienone is 2. The molecule has 0 aliphatic heterocycles. The summed E-state index contributed by atoms with van der Waals surface area (Å²) in [7, 11) is 3.87. The van der Waals surface area contributed by atoms with Crippen LogP contribution in [0.2, 0.25) is 0 Å². The summed E-state index contributed by atoms with van der Waals surface area (Å²) in [5.41, 5.74) is 0.997. The number of nitrogens with one attached hydrogen (secondary N) is 1. The molecular weight excluding hydrogens is 374 g/mol. The maximum atomic E-state index is 12.5. The fourth-order valence-corrected chi connectivity index (χ4v) is 2.78. The van der Waals surface area contributed by atoms with E-state index in [2.05, 4.69) is 26.2 Å². The third-order valence-corrected chi connectivity index (χ3v) is 4.26. The zero-order chi connectivity index (χ0) is 17.3. The molecule has 0 bridgehead atoms. The number of carbonyl (C=O) groups excluding carboxylic acids is 2. The van der Waals surface area contributed by atoms with Gasteiger partial charge in [-0.2, -0.15) is 0 Å². The van der Waals surface area contributed by atoms with Gasteiger partial charge < -0.3 is 14.6 Å². The molecule has 0 fully saturated rings. The number of rotatable bonds is 5. The Morgan fingerprint density at radius 3 is 2.71 bits per heavy atom. The van der Waals surface area contributed by atoms with Crippen molar-refractivity contribution in [2.24, 2.45) is 0 Å². The molecule has 0 unspecified atom stereocenters. The number of benzene rings is 1. The second-order valence-corrected chi connectivity index (χ2v) is 6.51. The lowest BCUT2D eigenvalue weighted by molar-refractivity contribution is 0.0960. The molecule has 1 heterocycles. The summed E-state index contributed by atoms with van der Waals surface area (Å²) in [6.07, 6.45) is 1.27. The van der Waals surface area contributed by atoms with Crippen molar-refractivity contribution in [2.75, 3.05) is 27.2 Å². The predicted molar refractivity (Wildman–Crippen MR) is 92.9 cm³/mol. The van der Waals surface area contributed by atoms with Gasteiger partial charge in [0, 0.05) is 23.6 Å². The summed E-state index contributed by atoms with van der Waals surface area (Å²) in [5.74, 6) is -0.450. The standard InChI is InChI=1S/C17H16BrN3O3/c1-21(2)8-7-19-12-9-13(22)16-14(15(12)23)20-17(24-16)10-5-3-4-6-11(10)18/h3-6,9,19H,7-8H2,1-2H3. The summed E-state index contributed by atoms with van der Waals surface area (Å²) in [6, 6.07) is 7.34. The first-order valence-electron chi connectivity index (χ1n) is 7.42. The van der Waals surface area contributed by atoms with Crippen LogP contribution in [0.4, 0.5) is 0 Å². The lowest BCUT2D eigenvalue weighted by atomic mass is 10.0. The van der Waals surface area contributed by atoms with E-state index in [0.29, 0.717) is 12.1 Å². The molecule has 0 spiro atoms. The second kappa shape index (κ2) is 6.70. The Balaban J connectivity index is 1.89. The molecule has 0 saturated carbocycles. The van der Waals surface area contributed by atoms with Gasteiger partial charge in [0.2, 0.25) is 23.2 Å². The molecule has 1 aromatic carbocycles. The van der Waals surface area contributed by atoms with Gasteiger partial charge in [-0.05, 0) is 42.2 Å². The molecular formula is C17H16BrN3O3. The number of likely N-dealkylation sites (N-methyl/N-ethyl adjacent to an activating group) is 1. The van der Waals surface area contributed by atoms with Crippen LogP contribution in [0.3, 0.4) is 0 Å². The van der Waals surface area contributed by atoms with Gasteiger partial charge in [0.05, 0.1) is 11.3 Å². The van der Waals surface area contributed by atoms with Crippen LogP contribution in [0.25, 0.3) is 11.5 Å². The largest absolute Gasteiger partial charge is 0.432 e. The molecule has 0 atom stereocenters. The van der Waals surface area contributed by atoms with Gasteiger partial charge in [0.25, 0.3) is 0 Å². The normalized spacial score (nSPS) is 13.9. The van der Waals surface area contributed by atoms with E-state index in [1.165, 1.54) is 6.08 Å². The quantitative estimate of drug-likeness (QED) is 0.846. The van der Waals surface area contributed by atoms with Crippen molar-refractivity contribution in [2.45, 2.75) is 0 Å². The highest BCUT2D eigenvalue weighted by Crippen LogP contribution is 2.31. The topological polar surface area (TPSA) is 75.4 Å². The minimum absolute atomic E-state index is 0.0103. The highest BCUT2D eigenvalue weighted by Gasteiger charge is 2.32. The maximum absolute atomic E-state index is 12.5. The molecule has 2 aromatic rings. The molecule has 6 nitrogen and oxygen atoms in total. The van der Waals surface area contributed by atoms with Crippen LogP contribution in [0, 0.1) is 0 Å². The van der Waals surface area contributed by atoms with Gasteiger partial charge in [-0.1, -0.05) is 12.1 Å². The van der Waals surface area contributed by atoms with Crippen LogP contribution < -0.4 is 5.32 Å². The van der Waals surface area contributed by atoms with Gasteiger partial charge in [0.15, 0.2) is 5.69 Å². The van der Waals surface area contributed by atoms with E-state index in [4.69, 9.17) is 4.42 Å². The van der Waals surface area contributed by atoms with Crippen LogP contribution in [-0.4, -0.2) is 48.6 Å². The van der Waals surface area contributed by atoms with Crippen molar-refractivity contribution >= 4 is 27.5 Å². The van der Waals surface area contributed by atoms with Gasteiger partial charge in [-0.3, -0.25) is 9.59 Å².